The number of morpholine rings is 1. The largest absolute Gasteiger partial charge is 0.372 e. The maximum Gasteiger partial charge on any atom is 0.258 e. The molecule has 21 heavy (non-hydrogen) atoms. The minimum atomic E-state index is 0.106. The molecule has 0 saturated carbocycles. The molecule has 0 bridgehead atoms. The van der Waals surface area contributed by atoms with Crippen LogP contribution in [0, 0.1) is 0 Å². The first-order valence-electron chi connectivity index (χ1n) is 6.64. The molecule has 1 aliphatic rings. The molecule has 2 aromatic heterocycles. The van der Waals surface area contributed by atoms with Crippen molar-refractivity contribution in [3.05, 3.63) is 12.7 Å². The molecule has 2 aromatic rings. The average Bonchev–Trinajstić information content (AvgIpc) is 3.00. The Morgan fingerprint density at radius 1 is 1.19 bits per heavy atom. The standard InChI is InChI=1S/C11H17N9O/c1-7-3-19(4-8(2)21-7)10-15-9(18-12)16-11(17-10)20-6-13-5-14-20/h5-8H,3-4,12H2,1-2H3,(H,15,16,17,18)/t7-,8+. The first kappa shape index (κ1) is 13.6. The van der Waals surface area contributed by atoms with Crippen LogP contribution in [0.5, 0.6) is 0 Å². The van der Waals surface area contributed by atoms with Gasteiger partial charge in [0, 0.05) is 13.1 Å². The number of anilines is 2. The minimum Gasteiger partial charge on any atom is -0.372 e. The molecule has 3 N–H and O–H groups in total. The van der Waals surface area contributed by atoms with E-state index in [9.17, 15) is 0 Å². The Kier molecular flexibility index (Phi) is 3.62. The van der Waals surface area contributed by atoms with Crippen molar-refractivity contribution in [2.75, 3.05) is 23.4 Å². The first-order chi connectivity index (χ1) is 10.2. The Hall–Kier alpha value is -2.33. The van der Waals surface area contributed by atoms with Crippen molar-refractivity contribution in [1.29, 1.82) is 0 Å². The molecule has 0 aromatic carbocycles. The van der Waals surface area contributed by atoms with E-state index < -0.39 is 0 Å². The highest BCUT2D eigenvalue weighted by Crippen LogP contribution is 2.18. The lowest BCUT2D eigenvalue weighted by atomic mass is 10.2. The minimum absolute atomic E-state index is 0.106. The molecule has 1 saturated heterocycles. The molecular weight excluding hydrogens is 274 g/mol. The molecule has 0 aliphatic carbocycles. The zero-order chi connectivity index (χ0) is 14.8. The quantitative estimate of drug-likeness (QED) is 0.561. The van der Waals surface area contributed by atoms with E-state index in [1.807, 2.05) is 18.7 Å². The van der Waals surface area contributed by atoms with Crippen LogP contribution in [0.2, 0.25) is 0 Å². The van der Waals surface area contributed by atoms with Crippen molar-refractivity contribution < 1.29 is 4.74 Å². The van der Waals surface area contributed by atoms with Crippen LogP contribution in [0.1, 0.15) is 13.8 Å². The maximum atomic E-state index is 5.72. The van der Waals surface area contributed by atoms with Crippen LogP contribution >= 0.6 is 0 Å². The van der Waals surface area contributed by atoms with Crippen LogP contribution in [0.3, 0.4) is 0 Å². The number of aromatic nitrogens is 6. The summed E-state index contributed by atoms with van der Waals surface area (Å²) in [5.74, 6) is 6.60. The summed E-state index contributed by atoms with van der Waals surface area (Å²) in [7, 11) is 0. The van der Waals surface area contributed by atoms with Gasteiger partial charge in [-0.25, -0.2) is 10.8 Å². The number of nitrogen functional groups attached to an aromatic ring is 1. The Labute approximate surface area is 121 Å². The molecule has 1 aliphatic heterocycles. The van der Waals surface area contributed by atoms with Crippen molar-refractivity contribution in [3.8, 4) is 5.95 Å². The Morgan fingerprint density at radius 2 is 1.90 bits per heavy atom. The van der Waals surface area contributed by atoms with Gasteiger partial charge < -0.3 is 9.64 Å². The highest BCUT2D eigenvalue weighted by atomic mass is 16.5. The summed E-state index contributed by atoms with van der Waals surface area (Å²) in [6.07, 6.45) is 3.14. The maximum absolute atomic E-state index is 5.72. The van der Waals surface area contributed by atoms with Gasteiger partial charge in [0.25, 0.3) is 5.95 Å². The van der Waals surface area contributed by atoms with E-state index in [4.69, 9.17) is 10.6 Å². The van der Waals surface area contributed by atoms with Gasteiger partial charge in [-0.15, -0.1) is 0 Å². The lowest BCUT2D eigenvalue weighted by Crippen LogP contribution is -2.46. The Morgan fingerprint density at radius 3 is 2.52 bits per heavy atom. The lowest BCUT2D eigenvalue weighted by molar-refractivity contribution is -0.00572. The fraction of sp³-hybridized carbons (Fsp3) is 0.545. The second kappa shape index (κ2) is 5.58. The van der Waals surface area contributed by atoms with Crippen molar-refractivity contribution in [3.63, 3.8) is 0 Å². The molecule has 0 unspecified atom stereocenters. The van der Waals surface area contributed by atoms with E-state index in [0.717, 1.165) is 0 Å². The number of hydrogen-bond acceptors (Lipinski definition) is 9. The van der Waals surface area contributed by atoms with E-state index in [2.05, 4.69) is 30.5 Å². The molecule has 10 heteroatoms. The zero-order valence-corrected chi connectivity index (χ0v) is 11.8. The van der Waals surface area contributed by atoms with Gasteiger partial charge >= 0.3 is 0 Å². The smallest absolute Gasteiger partial charge is 0.258 e. The molecule has 10 nitrogen and oxygen atoms in total. The summed E-state index contributed by atoms with van der Waals surface area (Å²) >= 11 is 0. The van der Waals surface area contributed by atoms with E-state index in [1.165, 1.54) is 17.3 Å². The van der Waals surface area contributed by atoms with Crippen LogP contribution in [-0.4, -0.2) is 55.0 Å². The third-order valence-electron chi connectivity index (χ3n) is 3.07. The summed E-state index contributed by atoms with van der Waals surface area (Å²) in [5.41, 5.74) is 2.45. The summed E-state index contributed by atoms with van der Waals surface area (Å²) in [4.78, 5) is 18.8. The Bertz CT molecular complexity index is 592. The fourth-order valence-electron chi connectivity index (χ4n) is 2.32. The van der Waals surface area contributed by atoms with E-state index in [0.29, 0.717) is 25.0 Å². The van der Waals surface area contributed by atoms with Gasteiger partial charge in [0.15, 0.2) is 0 Å². The van der Waals surface area contributed by atoms with Crippen molar-refractivity contribution in [1.82, 2.24) is 29.7 Å². The zero-order valence-electron chi connectivity index (χ0n) is 11.8. The first-order valence-corrected chi connectivity index (χ1v) is 6.64. The average molecular weight is 291 g/mol. The molecule has 0 radical (unpaired) electrons. The number of nitrogens with one attached hydrogen (secondary N) is 1. The third kappa shape index (κ3) is 2.90. The predicted molar refractivity (Wildman–Crippen MR) is 74.8 cm³/mol. The second-order valence-corrected chi connectivity index (χ2v) is 4.91. The van der Waals surface area contributed by atoms with Crippen molar-refractivity contribution in [2.45, 2.75) is 26.1 Å². The summed E-state index contributed by atoms with van der Waals surface area (Å²) in [6.45, 7) is 5.44. The molecule has 0 spiro atoms. The monoisotopic (exact) mass is 291 g/mol. The van der Waals surface area contributed by atoms with Gasteiger partial charge in [-0.2, -0.15) is 24.7 Å². The molecular formula is C11H17N9O. The van der Waals surface area contributed by atoms with Crippen molar-refractivity contribution in [2.24, 2.45) is 5.84 Å². The van der Waals surface area contributed by atoms with Crippen molar-refractivity contribution >= 4 is 11.9 Å². The second-order valence-electron chi connectivity index (χ2n) is 4.91. The molecule has 2 atom stereocenters. The summed E-state index contributed by atoms with van der Waals surface area (Å²) < 4.78 is 7.17. The number of nitrogens with two attached hydrogens (primary N) is 1. The number of hydrogen-bond donors (Lipinski definition) is 2. The molecule has 112 valence electrons. The number of ether oxygens (including phenoxy) is 1. The van der Waals surface area contributed by atoms with Gasteiger partial charge in [-0.1, -0.05) is 0 Å². The van der Waals surface area contributed by atoms with Gasteiger partial charge in [0.05, 0.1) is 12.2 Å². The normalized spacial score (nSPS) is 22.3. The van der Waals surface area contributed by atoms with E-state index in [1.54, 1.807) is 0 Å². The van der Waals surface area contributed by atoms with Gasteiger partial charge in [0.1, 0.15) is 12.7 Å². The van der Waals surface area contributed by atoms with Crippen LogP contribution < -0.4 is 16.2 Å². The van der Waals surface area contributed by atoms with Gasteiger partial charge in [-0.05, 0) is 13.8 Å². The summed E-state index contributed by atoms with van der Waals surface area (Å²) in [6, 6.07) is 0. The molecule has 1 fully saturated rings. The third-order valence-corrected chi connectivity index (χ3v) is 3.07. The van der Waals surface area contributed by atoms with E-state index in [-0.39, 0.29) is 18.2 Å². The topological polar surface area (TPSA) is 120 Å². The highest BCUT2D eigenvalue weighted by Gasteiger charge is 2.25. The van der Waals surface area contributed by atoms with E-state index >= 15 is 0 Å². The predicted octanol–water partition coefficient (Wildman–Crippen LogP) is -0.648. The highest BCUT2D eigenvalue weighted by molar-refractivity contribution is 5.40. The Balaban J connectivity index is 1.96. The SMILES string of the molecule is C[C@@H]1CN(c2nc(NN)nc(-n3cncn3)n2)C[C@H](C)O1. The number of rotatable bonds is 3. The van der Waals surface area contributed by atoms with Crippen LogP contribution in [0.15, 0.2) is 12.7 Å². The van der Waals surface area contributed by atoms with Crippen LogP contribution in [0.4, 0.5) is 11.9 Å². The molecule has 3 rings (SSSR count). The number of hydrazine groups is 1. The number of nitrogens with zero attached hydrogens (tertiary/aromatic N) is 7. The summed E-state index contributed by atoms with van der Waals surface area (Å²) in [5, 5.41) is 4.02. The van der Waals surface area contributed by atoms with Gasteiger partial charge in [-0.3, -0.25) is 5.43 Å². The van der Waals surface area contributed by atoms with Gasteiger partial charge in [0.2, 0.25) is 11.9 Å². The van der Waals surface area contributed by atoms with Crippen LogP contribution in [0.25, 0.3) is 5.95 Å². The molecule has 0 amide bonds. The molecule has 3 heterocycles. The fourth-order valence-corrected chi connectivity index (χ4v) is 2.32. The lowest BCUT2D eigenvalue weighted by Gasteiger charge is -2.35. The van der Waals surface area contributed by atoms with Crippen LogP contribution in [-0.2, 0) is 4.74 Å².